The van der Waals surface area contributed by atoms with Crippen molar-refractivity contribution >= 4 is 22.4 Å². The Morgan fingerprint density at radius 2 is 1.55 bits per heavy atom. The number of amides is 1. The molecule has 8 rings (SSSR count). The smallest absolute Gasteiger partial charge is 0.239 e. The standard InChI is InChI=1S/C64H81N3O7/c1-4-6-7-8-9-10-11-12-16-35-61(70)67(44-51-31-24-30-49-28-17-18-33-54(49)51)60-43-58(66-73-45-48-26-14-13-15-27-48)56-41-50(29-19-21-38-68)55(34-20-22-39-69)62-57-42-53(71-46-52-32-23-25-47(3)65-52)36-37-59(57)74-64(60,63(56)62)72-40-5-2/h5,13-15,17-18,23-28,30-33,36-37,41-42,50,55,60,62-63,68-69H,2,4,6-12,16,19-22,29,34-35,38-40,43-46H2,1,3H3. The molecule has 74 heavy (non-hydrogen) atoms. The highest BCUT2D eigenvalue weighted by atomic mass is 16.7. The van der Waals surface area contributed by atoms with Gasteiger partial charge in [0, 0.05) is 49.8 Å². The van der Waals surface area contributed by atoms with Gasteiger partial charge in [0.05, 0.1) is 23.9 Å². The molecule has 0 saturated heterocycles. The highest BCUT2D eigenvalue weighted by Gasteiger charge is 2.65. The minimum Gasteiger partial charge on any atom is -0.487 e. The third-order valence-corrected chi connectivity index (χ3v) is 15.6. The maximum Gasteiger partial charge on any atom is 0.239 e. The number of carbonyl (C=O) groups is 1. The molecule has 2 heterocycles. The zero-order valence-corrected chi connectivity index (χ0v) is 44.2. The van der Waals surface area contributed by atoms with Gasteiger partial charge >= 0.3 is 0 Å². The monoisotopic (exact) mass is 1000 g/mol. The van der Waals surface area contributed by atoms with Gasteiger partial charge in [-0.05, 0) is 109 Å². The van der Waals surface area contributed by atoms with E-state index in [1.165, 1.54) is 38.5 Å². The number of ether oxygens (including phenoxy) is 3. The minimum absolute atomic E-state index is 0.0566. The minimum atomic E-state index is -1.38. The summed E-state index contributed by atoms with van der Waals surface area (Å²) in [7, 11) is 0. The maximum absolute atomic E-state index is 15.6. The highest BCUT2D eigenvalue weighted by Crippen LogP contribution is 2.62. The van der Waals surface area contributed by atoms with Crippen molar-refractivity contribution < 1.29 is 34.1 Å². The second-order valence-electron chi connectivity index (χ2n) is 20.8. The SMILES string of the molecule is C=CCOC12Oc3ccc(OCc4cccc(C)n4)cc3C3C(CCCCO)C(CCCCO)C=C(C(=NOCc4ccccc4)CC1N(Cc1cccc4ccccc14)C(=O)CCCCCCCCCCC)C32. The lowest BCUT2D eigenvalue weighted by atomic mass is 9.55. The Morgan fingerprint density at radius 3 is 2.32 bits per heavy atom. The van der Waals surface area contributed by atoms with Gasteiger partial charge in [-0.1, -0.05) is 167 Å². The first-order chi connectivity index (χ1) is 36.4. The number of aryl methyl sites for hydroxylation is 1. The lowest BCUT2D eigenvalue weighted by Gasteiger charge is -2.60. The van der Waals surface area contributed by atoms with E-state index in [1.54, 1.807) is 6.08 Å². The first kappa shape index (κ1) is 54.5. The number of pyridine rings is 1. The molecule has 1 saturated carbocycles. The van der Waals surface area contributed by atoms with Crippen LogP contribution in [0.1, 0.15) is 150 Å². The largest absolute Gasteiger partial charge is 0.487 e. The molecular weight excluding hydrogens is 923 g/mol. The van der Waals surface area contributed by atoms with Gasteiger partial charge in [-0.3, -0.25) is 9.78 Å². The zero-order valence-electron chi connectivity index (χ0n) is 44.2. The summed E-state index contributed by atoms with van der Waals surface area (Å²) in [5.41, 5.74) is 6.63. The summed E-state index contributed by atoms with van der Waals surface area (Å²) in [6.07, 6.45) is 20.0. The van der Waals surface area contributed by atoms with E-state index in [4.69, 9.17) is 29.2 Å². The van der Waals surface area contributed by atoms with Gasteiger partial charge in [-0.2, -0.15) is 0 Å². The third-order valence-electron chi connectivity index (χ3n) is 15.6. The Bertz CT molecular complexity index is 2630. The van der Waals surface area contributed by atoms with E-state index in [2.05, 4.69) is 73.0 Å². The van der Waals surface area contributed by atoms with E-state index < -0.39 is 17.7 Å². The molecule has 1 aromatic heterocycles. The quantitative estimate of drug-likeness (QED) is 0.0265. The summed E-state index contributed by atoms with van der Waals surface area (Å²) in [5, 5.41) is 27.6. The Labute approximate surface area is 440 Å². The van der Waals surface area contributed by atoms with Crippen LogP contribution in [-0.2, 0) is 34.1 Å². The number of allylic oxidation sites excluding steroid dienone is 1. The predicted octanol–water partition coefficient (Wildman–Crippen LogP) is 13.9. The van der Waals surface area contributed by atoms with Crippen LogP contribution >= 0.6 is 0 Å². The molecule has 10 nitrogen and oxygen atoms in total. The molecule has 5 aromatic rings. The van der Waals surface area contributed by atoms with Gasteiger partial charge in [-0.15, -0.1) is 6.58 Å². The molecule has 0 bridgehead atoms. The van der Waals surface area contributed by atoms with Crippen LogP contribution in [0.2, 0.25) is 0 Å². The Morgan fingerprint density at radius 1 is 0.824 bits per heavy atom. The number of fused-ring (bicyclic) bond motifs is 3. The molecule has 0 radical (unpaired) electrons. The summed E-state index contributed by atoms with van der Waals surface area (Å²) in [6.45, 7) is 9.76. The Kier molecular flexibility index (Phi) is 20.3. The molecule has 4 aromatic carbocycles. The fourth-order valence-electron chi connectivity index (χ4n) is 12.1. The van der Waals surface area contributed by atoms with Crippen LogP contribution in [0.3, 0.4) is 0 Å². The number of aliphatic hydroxyl groups is 2. The predicted molar refractivity (Wildman–Crippen MR) is 296 cm³/mol. The van der Waals surface area contributed by atoms with Crippen LogP contribution in [0.5, 0.6) is 11.5 Å². The highest BCUT2D eigenvalue weighted by molar-refractivity contribution is 6.03. The first-order valence-electron chi connectivity index (χ1n) is 27.9. The normalized spacial score (nSPS) is 21.3. The molecule has 394 valence electrons. The van der Waals surface area contributed by atoms with Gasteiger partial charge in [0.25, 0.3) is 0 Å². The van der Waals surface area contributed by atoms with Crippen LogP contribution in [0, 0.1) is 24.7 Å². The number of carbonyl (C=O) groups excluding carboxylic acids is 1. The van der Waals surface area contributed by atoms with Crippen LogP contribution in [0.25, 0.3) is 10.8 Å². The number of aromatic nitrogens is 1. The number of oxime groups is 1. The van der Waals surface area contributed by atoms with Crippen molar-refractivity contribution in [1.29, 1.82) is 0 Å². The summed E-state index contributed by atoms with van der Waals surface area (Å²) < 4.78 is 21.6. The Balaban J connectivity index is 1.28. The van der Waals surface area contributed by atoms with E-state index >= 15 is 4.79 Å². The molecule has 2 N–H and O–H groups in total. The number of unbranched alkanes of at least 4 members (excludes halogenated alkanes) is 10. The van der Waals surface area contributed by atoms with Crippen molar-refractivity contribution in [3.8, 4) is 11.5 Å². The van der Waals surface area contributed by atoms with E-state index in [-0.39, 0.29) is 50.1 Å². The van der Waals surface area contributed by atoms with Gasteiger partial charge in [-0.25, -0.2) is 0 Å². The van der Waals surface area contributed by atoms with Gasteiger partial charge in [0.1, 0.15) is 30.8 Å². The van der Waals surface area contributed by atoms with E-state index in [9.17, 15) is 10.2 Å². The summed E-state index contributed by atoms with van der Waals surface area (Å²) in [6, 6.07) is 36.3. The van der Waals surface area contributed by atoms with Gasteiger partial charge in [0.2, 0.25) is 11.7 Å². The summed E-state index contributed by atoms with van der Waals surface area (Å²) in [4.78, 5) is 28.8. The van der Waals surface area contributed by atoms with Gasteiger partial charge < -0.3 is 34.2 Å². The molecule has 0 spiro atoms. The van der Waals surface area contributed by atoms with Crippen LogP contribution in [-0.4, -0.2) is 63.4 Å². The van der Waals surface area contributed by atoms with Crippen molar-refractivity contribution in [3.63, 3.8) is 0 Å². The molecule has 1 aliphatic heterocycles. The third kappa shape index (κ3) is 13.5. The average molecular weight is 1000 g/mol. The van der Waals surface area contributed by atoms with E-state index in [1.807, 2.05) is 67.6 Å². The van der Waals surface area contributed by atoms with Crippen molar-refractivity contribution in [2.45, 2.75) is 161 Å². The van der Waals surface area contributed by atoms with Gasteiger partial charge in [0.15, 0.2) is 0 Å². The lowest BCUT2D eigenvalue weighted by molar-refractivity contribution is -0.258. The van der Waals surface area contributed by atoms with Crippen molar-refractivity contribution in [3.05, 3.63) is 162 Å². The summed E-state index contributed by atoms with van der Waals surface area (Å²) >= 11 is 0. The zero-order chi connectivity index (χ0) is 51.5. The lowest BCUT2D eigenvalue weighted by Crippen LogP contribution is -2.70. The molecule has 1 fully saturated rings. The molecule has 6 atom stereocenters. The average Bonchev–Trinajstić information content (AvgIpc) is 3.43. The van der Waals surface area contributed by atoms with E-state index in [0.29, 0.717) is 50.3 Å². The number of nitrogens with zero attached hydrogens (tertiary/aromatic N) is 3. The fourth-order valence-corrected chi connectivity index (χ4v) is 12.1. The van der Waals surface area contributed by atoms with Crippen LogP contribution in [0.15, 0.2) is 139 Å². The van der Waals surface area contributed by atoms with Crippen molar-refractivity contribution in [2.24, 2.45) is 22.9 Å². The number of hydrogen-bond acceptors (Lipinski definition) is 9. The molecule has 1 amide bonds. The molecule has 2 aliphatic carbocycles. The van der Waals surface area contributed by atoms with Crippen LogP contribution < -0.4 is 9.47 Å². The first-order valence-corrected chi connectivity index (χ1v) is 27.9. The van der Waals surface area contributed by atoms with Crippen molar-refractivity contribution in [2.75, 3.05) is 19.8 Å². The molecule has 10 heteroatoms. The van der Waals surface area contributed by atoms with Crippen molar-refractivity contribution in [1.82, 2.24) is 9.88 Å². The van der Waals surface area contributed by atoms with E-state index in [0.717, 1.165) is 95.1 Å². The number of rotatable bonds is 30. The van der Waals surface area contributed by atoms with Crippen LogP contribution in [0.4, 0.5) is 0 Å². The maximum atomic E-state index is 15.6. The summed E-state index contributed by atoms with van der Waals surface area (Å²) in [5.74, 6) is -0.377. The molecule has 6 unspecified atom stereocenters. The fraction of sp³-hybridized carbons (Fsp3) is 0.484. The second kappa shape index (κ2) is 27.6. The number of hydrogen-bond donors (Lipinski definition) is 2. The molecule has 3 aliphatic rings. The molecular formula is C64H81N3O7. The number of aliphatic hydroxyl groups excluding tert-OH is 2. The topological polar surface area (TPSA) is 123 Å². The number of benzene rings is 4. The second-order valence-corrected chi connectivity index (χ2v) is 20.8. The Hall–Kier alpha value is -5.81.